The summed E-state index contributed by atoms with van der Waals surface area (Å²) >= 11 is 0. The molecular weight excluding hydrogens is 272 g/mol. The largest absolute Gasteiger partial charge is 0.497 e. The molecule has 0 radical (unpaired) electrons. The number of methoxy groups -OCH3 is 1. The van der Waals surface area contributed by atoms with Crippen molar-refractivity contribution in [3.05, 3.63) is 71.9 Å². The summed E-state index contributed by atoms with van der Waals surface area (Å²) in [5.41, 5.74) is 1.41. The standard InChI is InChI=1S/C19H14N2O/c1-22-16-9-7-14(8-10-16)18-11-15-5-3-2-4-6-17(15)19(18,12-20)13-21/h2-11,17H,1H3. The van der Waals surface area contributed by atoms with Crippen LogP contribution in [-0.4, -0.2) is 7.11 Å². The number of hydrogen-bond acceptors (Lipinski definition) is 3. The van der Waals surface area contributed by atoms with Crippen LogP contribution in [0, 0.1) is 34.0 Å². The summed E-state index contributed by atoms with van der Waals surface area (Å²) in [7, 11) is 1.61. The molecule has 106 valence electrons. The minimum Gasteiger partial charge on any atom is -0.497 e. The molecule has 0 saturated carbocycles. The van der Waals surface area contributed by atoms with Crippen molar-refractivity contribution < 1.29 is 4.74 Å². The molecule has 0 spiro atoms. The number of allylic oxidation sites excluding steroid dienone is 8. The van der Waals surface area contributed by atoms with Gasteiger partial charge in [0.25, 0.3) is 0 Å². The zero-order valence-electron chi connectivity index (χ0n) is 12.2. The number of nitrogens with zero attached hydrogens (tertiary/aromatic N) is 2. The van der Waals surface area contributed by atoms with E-state index in [0.29, 0.717) is 0 Å². The normalized spacial score (nSPS) is 21.0. The Kier molecular flexibility index (Phi) is 3.41. The first-order valence-electron chi connectivity index (χ1n) is 6.99. The summed E-state index contributed by atoms with van der Waals surface area (Å²) in [5.74, 6) is 0.507. The Balaban J connectivity index is 2.16. The van der Waals surface area contributed by atoms with E-state index in [2.05, 4.69) is 12.1 Å². The van der Waals surface area contributed by atoms with Crippen molar-refractivity contribution in [2.75, 3.05) is 7.11 Å². The first-order chi connectivity index (χ1) is 10.7. The molecule has 2 aliphatic rings. The van der Waals surface area contributed by atoms with Crippen LogP contribution in [0.5, 0.6) is 5.75 Å². The van der Waals surface area contributed by atoms with Crippen LogP contribution in [0.1, 0.15) is 5.56 Å². The van der Waals surface area contributed by atoms with Crippen LogP contribution in [0.2, 0.25) is 0 Å². The molecule has 0 fully saturated rings. The average molecular weight is 286 g/mol. The van der Waals surface area contributed by atoms with Gasteiger partial charge in [0.05, 0.1) is 19.2 Å². The number of benzene rings is 1. The molecule has 22 heavy (non-hydrogen) atoms. The highest BCUT2D eigenvalue weighted by Gasteiger charge is 2.48. The molecule has 3 nitrogen and oxygen atoms in total. The average Bonchev–Trinajstić information content (AvgIpc) is 2.71. The van der Waals surface area contributed by atoms with E-state index in [1.807, 2.05) is 60.7 Å². The SMILES string of the molecule is COc1ccc(C2=CC3=CC=CC=CC3C2(C#N)C#N)cc1. The lowest BCUT2D eigenvalue weighted by Crippen LogP contribution is -2.24. The van der Waals surface area contributed by atoms with E-state index in [4.69, 9.17) is 4.74 Å². The third-order valence-corrected chi connectivity index (χ3v) is 4.13. The molecule has 0 N–H and O–H groups in total. The van der Waals surface area contributed by atoms with Crippen molar-refractivity contribution in [1.29, 1.82) is 10.5 Å². The molecule has 0 bridgehead atoms. The maximum Gasteiger partial charge on any atom is 0.179 e. The van der Waals surface area contributed by atoms with Crippen LogP contribution in [0.25, 0.3) is 5.57 Å². The Morgan fingerprint density at radius 2 is 1.77 bits per heavy atom. The van der Waals surface area contributed by atoms with E-state index in [-0.39, 0.29) is 5.92 Å². The van der Waals surface area contributed by atoms with Gasteiger partial charge in [0.1, 0.15) is 5.75 Å². The van der Waals surface area contributed by atoms with E-state index in [9.17, 15) is 10.5 Å². The maximum absolute atomic E-state index is 9.76. The van der Waals surface area contributed by atoms with Gasteiger partial charge in [0.15, 0.2) is 5.41 Å². The van der Waals surface area contributed by atoms with E-state index in [0.717, 1.165) is 22.5 Å². The van der Waals surface area contributed by atoms with Crippen molar-refractivity contribution in [1.82, 2.24) is 0 Å². The minimum absolute atomic E-state index is 0.241. The molecule has 1 atom stereocenters. The van der Waals surface area contributed by atoms with Gasteiger partial charge in [-0.25, -0.2) is 0 Å². The van der Waals surface area contributed by atoms with Gasteiger partial charge in [-0.3, -0.25) is 0 Å². The summed E-state index contributed by atoms with van der Waals surface area (Å²) in [6.45, 7) is 0. The zero-order valence-corrected chi connectivity index (χ0v) is 12.2. The Bertz CT molecular complexity index is 781. The fraction of sp³-hybridized carbons (Fsp3) is 0.158. The van der Waals surface area contributed by atoms with Gasteiger partial charge in [-0.1, -0.05) is 48.6 Å². The second-order valence-corrected chi connectivity index (χ2v) is 5.23. The van der Waals surface area contributed by atoms with Crippen LogP contribution in [0.15, 0.2) is 66.3 Å². The fourth-order valence-corrected chi connectivity index (χ4v) is 2.97. The van der Waals surface area contributed by atoms with Gasteiger partial charge in [0.2, 0.25) is 0 Å². The van der Waals surface area contributed by atoms with Gasteiger partial charge < -0.3 is 4.74 Å². The summed E-state index contributed by atoms with van der Waals surface area (Å²) < 4.78 is 5.17. The zero-order chi connectivity index (χ0) is 15.6. The van der Waals surface area contributed by atoms with E-state index in [1.165, 1.54) is 0 Å². The van der Waals surface area contributed by atoms with Crippen molar-refractivity contribution >= 4 is 5.57 Å². The topological polar surface area (TPSA) is 56.8 Å². The molecule has 3 heteroatoms. The summed E-state index contributed by atoms with van der Waals surface area (Å²) in [6, 6.07) is 12.0. The second kappa shape index (κ2) is 5.39. The van der Waals surface area contributed by atoms with Crippen LogP contribution in [-0.2, 0) is 0 Å². The number of nitriles is 2. The molecule has 0 aromatic heterocycles. The first kappa shape index (κ1) is 13.9. The van der Waals surface area contributed by atoms with Crippen molar-refractivity contribution in [3.8, 4) is 17.9 Å². The van der Waals surface area contributed by atoms with Crippen molar-refractivity contribution in [3.63, 3.8) is 0 Å². The molecule has 0 amide bonds. The van der Waals surface area contributed by atoms with Gasteiger partial charge in [-0.15, -0.1) is 0 Å². The highest BCUT2D eigenvalue weighted by atomic mass is 16.5. The number of rotatable bonds is 2. The lowest BCUT2D eigenvalue weighted by molar-refractivity contribution is 0.414. The van der Waals surface area contributed by atoms with Crippen LogP contribution < -0.4 is 4.74 Å². The number of fused-ring (bicyclic) bond motifs is 1. The van der Waals surface area contributed by atoms with Crippen LogP contribution >= 0.6 is 0 Å². The van der Waals surface area contributed by atoms with Crippen molar-refractivity contribution in [2.45, 2.75) is 0 Å². The first-order valence-corrected chi connectivity index (χ1v) is 6.99. The molecule has 1 aromatic rings. The molecule has 1 aromatic carbocycles. The molecule has 0 saturated heterocycles. The van der Waals surface area contributed by atoms with Gasteiger partial charge in [0, 0.05) is 5.92 Å². The van der Waals surface area contributed by atoms with Gasteiger partial charge in [-0.05, 0) is 28.8 Å². The Labute approximate surface area is 129 Å². The fourth-order valence-electron chi connectivity index (χ4n) is 2.97. The predicted octanol–water partition coefficient (Wildman–Crippen LogP) is 3.79. The molecule has 0 aliphatic heterocycles. The van der Waals surface area contributed by atoms with Crippen LogP contribution in [0.4, 0.5) is 0 Å². The van der Waals surface area contributed by atoms with E-state index < -0.39 is 5.41 Å². The lowest BCUT2D eigenvalue weighted by Gasteiger charge is -2.23. The Hall–Kier alpha value is -3.04. The number of ether oxygens (including phenoxy) is 1. The quantitative estimate of drug-likeness (QED) is 0.831. The number of hydrogen-bond donors (Lipinski definition) is 0. The smallest absolute Gasteiger partial charge is 0.179 e. The molecule has 2 aliphatic carbocycles. The highest BCUT2D eigenvalue weighted by molar-refractivity contribution is 5.83. The molecule has 3 rings (SSSR count). The molecular formula is C19H14N2O. The molecule has 1 unspecified atom stereocenters. The highest BCUT2D eigenvalue weighted by Crippen LogP contribution is 2.51. The van der Waals surface area contributed by atoms with Gasteiger partial charge >= 0.3 is 0 Å². The second-order valence-electron chi connectivity index (χ2n) is 5.23. The third kappa shape index (κ3) is 1.96. The minimum atomic E-state index is -1.19. The lowest BCUT2D eigenvalue weighted by atomic mass is 9.73. The summed E-state index contributed by atoms with van der Waals surface area (Å²) in [4.78, 5) is 0. The third-order valence-electron chi connectivity index (χ3n) is 4.13. The predicted molar refractivity (Wildman–Crippen MR) is 84.5 cm³/mol. The maximum atomic E-state index is 9.76. The Morgan fingerprint density at radius 1 is 1.05 bits per heavy atom. The van der Waals surface area contributed by atoms with Gasteiger partial charge in [-0.2, -0.15) is 10.5 Å². The monoisotopic (exact) mass is 286 g/mol. The molecule has 0 heterocycles. The Morgan fingerprint density at radius 3 is 2.41 bits per heavy atom. The summed E-state index contributed by atoms with van der Waals surface area (Å²) in [5, 5.41) is 19.5. The van der Waals surface area contributed by atoms with E-state index in [1.54, 1.807) is 7.11 Å². The van der Waals surface area contributed by atoms with Crippen LogP contribution in [0.3, 0.4) is 0 Å². The van der Waals surface area contributed by atoms with E-state index >= 15 is 0 Å². The summed E-state index contributed by atoms with van der Waals surface area (Å²) in [6.07, 6.45) is 11.6. The van der Waals surface area contributed by atoms with Crippen molar-refractivity contribution in [2.24, 2.45) is 11.3 Å².